The zero-order valence-corrected chi connectivity index (χ0v) is 8.54. The number of hydrogen-bond acceptors (Lipinski definition) is 4. The maximum Gasteiger partial charge on any atom is 0.235 e. The number of nitrogens with one attached hydrogen (secondary N) is 1. The summed E-state index contributed by atoms with van der Waals surface area (Å²) in [6.07, 6.45) is 1.75. The highest BCUT2D eigenvalue weighted by molar-refractivity contribution is 8.00. The van der Waals surface area contributed by atoms with Crippen molar-refractivity contribution in [1.29, 1.82) is 5.26 Å². The van der Waals surface area contributed by atoms with Gasteiger partial charge >= 0.3 is 0 Å². The lowest BCUT2D eigenvalue weighted by Gasteiger charge is -1.98. The van der Waals surface area contributed by atoms with Crippen molar-refractivity contribution in [2.75, 3.05) is 16.8 Å². The maximum absolute atomic E-state index is 11.2. The fourth-order valence-electron chi connectivity index (χ4n) is 0.850. The molecule has 0 radical (unpaired) electrons. The van der Waals surface area contributed by atoms with Crippen LogP contribution in [0.25, 0.3) is 0 Å². The number of thioether (sulfide) groups is 1. The average molecular weight is 210 g/mol. The van der Waals surface area contributed by atoms with E-state index in [1.807, 2.05) is 6.07 Å². The molecule has 1 amide bonds. The van der Waals surface area contributed by atoms with Gasteiger partial charge in [0.25, 0.3) is 0 Å². The molecule has 0 atom stereocenters. The molecule has 0 spiro atoms. The highest BCUT2D eigenvalue weighted by atomic mass is 32.2. The molecule has 0 bridgehead atoms. The van der Waals surface area contributed by atoms with Gasteiger partial charge in [0, 0.05) is 19.3 Å². The normalized spacial score (nSPS) is 9.43. The minimum Gasteiger partial charge on any atom is -0.308 e. The molecule has 14 heavy (non-hydrogen) atoms. The third kappa shape index (κ3) is 3.49. The summed E-state index contributed by atoms with van der Waals surface area (Å²) < 4.78 is 1.61. The standard InChI is InChI=1S/C8H10N4OS/c1-12-4-2-7(11-12)10-8(13)6-14-5-3-9/h2,4H,5-6H2,1H3,(H,10,11,13). The molecule has 1 N–H and O–H groups in total. The first-order valence-corrected chi connectivity index (χ1v) is 5.12. The largest absolute Gasteiger partial charge is 0.308 e. The summed E-state index contributed by atoms with van der Waals surface area (Å²) >= 11 is 1.28. The maximum atomic E-state index is 11.2. The Labute approximate surface area is 86.1 Å². The van der Waals surface area contributed by atoms with Crippen LogP contribution < -0.4 is 5.32 Å². The summed E-state index contributed by atoms with van der Waals surface area (Å²) in [5.74, 6) is 1.01. The third-order valence-electron chi connectivity index (χ3n) is 1.38. The topological polar surface area (TPSA) is 70.7 Å². The number of carbonyl (C=O) groups is 1. The average Bonchev–Trinajstić information content (AvgIpc) is 2.52. The van der Waals surface area contributed by atoms with Crippen molar-refractivity contribution in [2.24, 2.45) is 7.05 Å². The number of amides is 1. The lowest BCUT2D eigenvalue weighted by atomic mass is 10.6. The van der Waals surface area contributed by atoms with Crippen molar-refractivity contribution in [1.82, 2.24) is 9.78 Å². The van der Waals surface area contributed by atoms with Gasteiger partial charge in [-0.05, 0) is 0 Å². The van der Waals surface area contributed by atoms with Gasteiger partial charge in [0.05, 0.1) is 17.6 Å². The Morgan fingerprint density at radius 2 is 2.64 bits per heavy atom. The van der Waals surface area contributed by atoms with E-state index in [0.717, 1.165) is 0 Å². The van der Waals surface area contributed by atoms with Gasteiger partial charge in [0.2, 0.25) is 5.91 Å². The molecule has 74 valence electrons. The zero-order chi connectivity index (χ0) is 10.4. The lowest BCUT2D eigenvalue weighted by Crippen LogP contribution is -2.14. The van der Waals surface area contributed by atoms with Crippen molar-refractivity contribution >= 4 is 23.5 Å². The fourth-order valence-corrected chi connectivity index (χ4v) is 1.30. The predicted octanol–water partition coefficient (Wildman–Crippen LogP) is 0.615. The number of nitriles is 1. The van der Waals surface area contributed by atoms with Crippen LogP contribution in [0.5, 0.6) is 0 Å². The number of anilines is 1. The molecule has 0 unspecified atom stereocenters. The van der Waals surface area contributed by atoms with E-state index in [0.29, 0.717) is 11.6 Å². The predicted molar refractivity (Wildman–Crippen MR) is 54.8 cm³/mol. The SMILES string of the molecule is Cn1ccc(NC(=O)CSCC#N)n1. The van der Waals surface area contributed by atoms with E-state index in [9.17, 15) is 4.79 Å². The van der Waals surface area contributed by atoms with Gasteiger partial charge in [0.15, 0.2) is 5.82 Å². The van der Waals surface area contributed by atoms with Crippen molar-refractivity contribution < 1.29 is 4.79 Å². The number of aryl methyl sites for hydroxylation is 1. The molecule has 6 heteroatoms. The van der Waals surface area contributed by atoms with Crippen LogP contribution in [0.4, 0.5) is 5.82 Å². The van der Waals surface area contributed by atoms with Gasteiger partial charge in [-0.15, -0.1) is 11.8 Å². The van der Waals surface area contributed by atoms with Crippen molar-refractivity contribution in [3.8, 4) is 6.07 Å². The van der Waals surface area contributed by atoms with Crippen LogP contribution in [-0.4, -0.2) is 27.2 Å². The number of aromatic nitrogens is 2. The van der Waals surface area contributed by atoms with Gasteiger partial charge < -0.3 is 5.32 Å². The minimum atomic E-state index is -0.135. The smallest absolute Gasteiger partial charge is 0.235 e. The molecule has 1 aromatic rings. The molecule has 0 saturated heterocycles. The van der Waals surface area contributed by atoms with E-state index in [-0.39, 0.29) is 11.7 Å². The quantitative estimate of drug-likeness (QED) is 0.739. The first-order valence-electron chi connectivity index (χ1n) is 3.96. The number of rotatable bonds is 4. The van der Waals surface area contributed by atoms with Crippen molar-refractivity contribution in [2.45, 2.75) is 0 Å². The number of nitrogens with zero attached hydrogens (tertiary/aromatic N) is 3. The van der Waals surface area contributed by atoms with E-state index in [4.69, 9.17) is 5.26 Å². The van der Waals surface area contributed by atoms with Crippen LogP contribution in [0.3, 0.4) is 0 Å². The second-order valence-electron chi connectivity index (χ2n) is 2.57. The Morgan fingerprint density at radius 3 is 3.21 bits per heavy atom. The first kappa shape index (κ1) is 10.6. The van der Waals surface area contributed by atoms with Crippen LogP contribution >= 0.6 is 11.8 Å². The van der Waals surface area contributed by atoms with Crippen molar-refractivity contribution in [3.05, 3.63) is 12.3 Å². The Bertz CT molecular complexity index is 354. The van der Waals surface area contributed by atoms with Gasteiger partial charge in [-0.3, -0.25) is 9.48 Å². The second-order valence-corrected chi connectivity index (χ2v) is 3.56. The Balaban J connectivity index is 2.31. The molecule has 0 aliphatic heterocycles. The molecule has 0 saturated carbocycles. The number of carbonyl (C=O) groups excluding carboxylic acids is 1. The summed E-state index contributed by atoms with van der Waals surface area (Å²) in [7, 11) is 1.78. The summed E-state index contributed by atoms with van der Waals surface area (Å²) in [5.41, 5.74) is 0. The molecule has 1 aromatic heterocycles. The second kappa shape index (κ2) is 5.29. The van der Waals surface area contributed by atoms with E-state index in [1.54, 1.807) is 24.0 Å². The van der Waals surface area contributed by atoms with Gasteiger partial charge in [0.1, 0.15) is 0 Å². The minimum absolute atomic E-state index is 0.135. The first-order chi connectivity index (χ1) is 6.72. The molecule has 1 heterocycles. The van der Waals surface area contributed by atoms with Crippen LogP contribution in [-0.2, 0) is 11.8 Å². The molecule has 0 fully saturated rings. The monoisotopic (exact) mass is 210 g/mol. The van der Waals surface area contributed by atoms with Gasteiger partial charge in [-0.1, -0.05) is 0 Å². The van der Waals surface area contributed by atoms with Crippen molar-refractivity contribution in [3.63, 3.8) is 0 Å². The number of hydrogen-bond donors (Lipinski definition) is 1. The van der Waals surface area contributed by atoms with Crippen LogP contribution in [0.15, 0.2) is 12.3 Å². The molecule has 0 aromatic carbocycles. The fraction of sp³-hybridized carbons (Fsp3) is 0.375. The zero-order valence-electron chi connectivity index (χ0n) is 7.73. The van der Waals surface area contributed by atoms with E-state index >= 15 is 0 Å². The summed E-state index contributed by atoms with van der Waals surface area (Å²) in [6, 6.07) is 3.67. The summed E-state index contributed by atoms with van der Waals surface area (Å²) in [6.45, 7) is 0. The Hall–Kier alpha value is -1.48. The summed E-state index contributed by atoms with van der Waals surface area (Å²) in [5, 5.41) is 14.9. The Morgan fingerprint density at radius 1 is 1.86 bits per heavy atom. The Kier molecular flexibility index (Phi) is 4.01. The van der Waals surface area contributed by atoms with E-state index < -0.39 is 0 Å². The lowest BCUT2D eigenvalue weighted by molar-refractivity contribution is -0.113. The van der Waals surface area contributed by atoms with E-state index in [1.165, 1.54) is 11.8 Å². The van der Waals surface area contributed by atoms with Crippen LogP contribution in [0.1, 0.15) is 0 Å². The molecule has 1 rings (SSSR count). The highest BCUT2D eigenvalue weighted by Crippen LogP contribution is 2.03. The highest BCUT2D eigenvalue weighted by Gasteiger charge is 2.03. The molecular formula is C8H10N4OS. The molecule has 5 nitrogen and oxygen atoms in total. The van der Waals surface area contributed by atoms with Gasteiger partial charge in [-0.25, -0.2) is 0 Å². The molecule has 0 aliphatic rings. The van der Waals surface area contributed by atoms with E-state index in [2.05, 4.69) is 10.4 Å². The third-order valence-corrected chi connectivity index (χ3v) is 2.18. The summed E-state index contributed by atoms with van der Waals surface area (Å²) in [4.78, 5) is 11.2. The molecular weight excluding hydrogens is 200 g/mol. The van der Waals surface area contributed by atoms with Crippen LogP contribution in [0.2, 0.25) is 0 Å². The van der Waals surface area contributed by atoms with Gasteiger partial charge in [-0.2, -0.15) is 10.4 Å². The van der Waals surface area contributed by atoms with Crippen LogP contribution in [0, 0.1) is 11.3 Å². The molecule has 0 aliphatic carbocycles.